The molecule has 1 aromatic heterocycles. The Kier molecular flexibility index (Phi) is 6.04. The van der Waals surface area contributed by atoms with Gasteiger partial charge in [-0.15, -0.1) is 0 Å². The molecule has 1 fully saturated rings. The average Bonchev–Trinajstić information content (AvgIpc) is 2.88. The van der Waals surface area contributed by atoms with Crippen LogP contribution < -0.4 is 19.9 Å². The van der Waals surface area contributed by atoms with Crippen molar-refractivity contribution in [2.45, 2.75) is 6.92 Å². The smallest absolute Gasteiger partial charge is 0.255 e. The first-order valence-electron chi connectivity index (χ1n) is 11.5. The molecular formula is C28H28N4O2. The number of hydrogen-bond donors (Lipinski definition) is 1. The monoisotopic (exact) mass is 452 g/mol. The predicted octanol–water partition coefficient (Wildman–Crippen LogP) is 5.13. The Morgan fingerprint density at radius 3 is 2.41 bits per heavy atom. The first-order valence-corrected chi connectivity index (χ1v) is 11.5. The van der Waals surface area contributed by atoms with Gasteiger partial charge in [0.25, 0.3) is 5.91 Å². The second-order valence-electron chi connectivity index (χ2n) is 8.57. The molecule has 2 heterocycles. The van der Waals surface area contributed by atoms with E-state index in [2.05, 4.69) is 27.2 Å². The number of piperazine rings is 1. The van der Waals surface area contributed by atoms with Crippen LogP contribution in [0.25, 0.3) is 10.8 Å². The predicted molar refractivity (Wildman–Crippen MR) is 138 cm³/mol. The van der Waals surface area contributed by atoms with Crippen molar-refractivity contribution in [2.24, 2.45) is 0 Å². The van der Waals surface area contributed by atoms with Crippen molar-refractivity contribution in [2.75, 3.05) is 48.4 Å². The van der Waals surface area contributed by atoms with Crippen LogP contribution in [0.1, 0.15) is 15.9 Å². The van der Waals surface area contributed by atoms with Gasteiger partial charge in [-0.05, 0) is 72.5 Å². The molecule has 0 atom stereocenters. The third kappa shape index (κ3) is 4.53. The molecule has 0 saturated carbocycles. The van der Waals surface area contributed by atoms with Gasteiger partial charge in [0.1, 0.15) is 11.6 Å². The van der Waals surface area contributed by atoms with Gasteiger partial charge in [0.15, 0.2) is 0 Å². The fraction of sp³-hybridized carbons (Fsp3) is 0.214. The summed E-state index contributed by atoms with van der Waals surface area (Å²) in [4.78, 5) is 22.3. The van der Waals surface area contributed by atoms with E-state index in [4.69, 9.17) is 9.72 Å². The van der Waals surface area contributed by atoms with Crippen LogP contribution in [-0.2, 0) is 0 Å². The van der Waals surface area contributed by atoms with Crippen LogP contribution in [0.5, 0.6) is 5.75 Å². The molecule has 5 rings (SSSR count). The summed E-state index contributed by atoms with van der Waals surface area (Å²) >= 11 is 0. The zero-order chi connectivity index (χ0) is 23.5. The number of carbonyl (C=O) groups excluding carboxylic acids is 1. The molecular weight excluding hydrogens is 424 g/mol. The Morgan fingerprint density at radius 1 is 0.912 bits per heavy atom. The second kappa shape index (κ2) is 9.43. The number of methoxy groups -OCH3 is 1. The number of ether oxygens (including phenoxy) is 1. The van der Waals surface area contributed by atoms with E-state index in [1.807, 2.05) is 73.8 Å². The van der Waals surface area contributed by atoms with Gasteiger partial charge < -0.3 is 19.9 Å². The molecule has 34 heavy (non-hydrogen) atoms. The normalized spacial score (nSPS) is 13.7. The summed E-state index contributed by atoms with van der Waals surface area (Å²) in [6, 6.07) is 23.8. The summed E-state index contributed by atoms with van der Waals surface area (Å²) in [5, 5.41) is 5.08. The summed E-state index contributed by atoms with van der Waals surface area (Å²) in [5.74, 6) is 1.67. The number of nitrogens with zero attached hydrogens (tertiary/aromatic N) is 3. The number of anilines is 3. The Hall–Kier alpha value is -4.06. The molecule has 1 aliphatic heterocycles. The third-order valence-corrected chi connectivity index (χ3v) is 6.30. The van der Waals surface area contributed by atoms with Gasteiger partial charge in [0.05, 0.1) is 7.11 Å². The first-order chi connectivity index (χ1) is 16.6. The quantitative estimate of drug-likeness (QED) is 0.455. The molecule has 0 bridgehead atoms. The van der Waals surface area contributed by atoms with Gasteiger partial charge in [-0.1, -0.05) is 18.2 Å². The van der Waals surface area contributed by atoms with Crippen molar-refractivity contribution >= 4 is 33.9 Å². The fourth-order valence-corrected chi connectivity index (χ4v) is 4.44. The average molecular weight is 453 g/mol. The van der Waals surface area contributed by atoms with E-state index < -0.39 is 0 Å². The number of amides is 1. The molecule has 172 valence electrons. The van der Waals surface area contributed by atoms with Crippen LogP contribution >= 0.6 is 0 Å². The van der Waals surface area contributed by atoms with Crippen LogP contribution in [0.4, 0.5) is 17.2 Å². The van der Waals surface area contributed by atoms with E-state index in [1.54, 1.807) is 7.11 Å². The van der Waals surface area contributed by atoms with Gasteiger partial charge in [-0.25, -0.2) is 4.98 Å². The molecule has 0 aliphatic carbocycles. The van der Waals surface area contributed by atoms with E-state index >= 15 is 0 Å². The summed E-state index contributed by atoms with van der Waals surface area (Å²) in [5.41, 5.74) is 3.73. The number of aromatic nitrogens is 1. The van der Waals surface area contributed by atoms with Crippen molar-refractivity contribution in [3.8, 4) is 5.75 Å². The van der Waals surface area contributed by atoms with Crippen LogP contribution in [0, 0.1) is 6.92 Å². The summed E-state index contributed by atoms with van der Waals surface area (Å²) in [7, 11) is 1.68. The number of benzene rings is 3. The number of carbonyl (C=O) groups is 1. The lowest BCUT2D eigenvalue weighted by Crippen LogP contribution is -2.46. The molecule has 1 saturated heterocycles. The van der Waals surface area contributed by atoms with Crippen molar-refractivity contribution in [1.29, 1.82) is 0 Å². The molecule has 3 aromatic carbocycles. The molecule has 1 amide bonds. The first kappa shape index (κ1) is 21.8. The van der Waals surface area contributed by atoms with E-state index in [0.29, 0.717) is 5.56 Å². The van der Waals surface area contributed by atoms with Crippen LogP contribution in [0.15, 0.2) is 79.0 Å². The lowest BCUT2D eigenvalue weighted by Gasteiger charge is -2.37. The fourth-order valence-electron chi connectivity index (χ4n) is 4.44. The van der Waals surface area contributed by atoms with Crippen molar-refractivity contribution in [1.82, 2.24) is 4.98 Å². The Labute approximate surface area is 199 Å². The molecule has 4 aromatic rings. The highest BCUT2D eigenvalue weighted by atomic mass is 16.5. The molecule has 0 spiro atoms. The number of fused-ring (bicyclic) bond motifs is 1. The number of rotatable bonds is 5. The van der Waals surface area contributed by atoms with Gasteiger partial charge in [-0.2, -0.15) is 0 Å². The minimum absolute atomic E-state index is 0.119. The number of pyridine rings is 1. The molecule has 6 nitrogen and oxygen atoms in total. The van der Waals surface area contributed by atoms with E-state index in [9.17, 15) is 4.79 Å². The maximum atomic E-state index is 12.9. The zero-order valence-electron chi connectivity index (χ0n) is 19.5. The number of aryl methyl sites for hydroxylation is 1. The van der Waals surface area contributed by atoms with Crippen molar-refractivity contribution < 1.29 is 9.53 Å². The van der Waals surface area contributed by atoms with Gasteiger partial charge in [0, 0.05) is 54.7 Å². The SMILES string of the molecule is COc1ccc(N2CCN(c3nccc4ccc(C(=O)Nc5cccc(C)c5)cc34)CC2)cc1. The highest BCUT2D eigenvalue weighted by Gasteiger charge is 2.20. The molecule has 1 aliphatic rings. The molecule has 0 unspecified atom stereocenters. The lowest BCUT2D eigenvalue weighted by molar-refractivity contribution is 0.102. The van der Waals surface area contributed by atoms with E-state index in [1.165, 1.54) is 5.69 Å². The van der Waals surface area contributed by atoms with Gasteiger partial charge in [0.2, 0.25) is 0 Å². The minimum Gasteiger partial charge on any atom is -0.497 e. The van der Waals surface area contributed by atoms with Crippen molar-refractivity contribution in [3.63, 3.8) is 0 Å². The Bertz CT molecular complexity index is 1310. The largest absolute Gasteiger partial charge is 0.497 e. The van der Waals surface area contributed by atoms with E-state index in [0.717, 1.165) is 59.8 Å². The topological polar surface area (TPSA) is 57.7 Å². The summed E-state index contributed by atoms with van der Waals surface area (Å²) in [6.07, 6.45) is 1.85. The lowest BCUT2D eigenvalue weighted by atomic mass is 10.1. The summed E-state index contributed by atoms with van der Waals surface area (Å²) < 4.78 is 5.27. The Balaban J connectivity index is 1.34. The van der Waals surface area contributed by atoms with Crippen molar-refractivity contribution in [3.05, 3.63) is 90.1 Å². The highest BCUT2D eigenvalue weighted by Crippen LogP contribution is 2.28. The highest BCUT2D eigenvalue weighted by molar-refractivity contribution is 6.07. The zero-order valence-corrected chi connectivity index (χ0v) is 19.5. The molecule has 0 radical (unpaired) electrons. The standard InChI is InChI=1S/C28H28N4O2/c1-20-4-3-5-23(18-20)30-28(33)22-7-6-21-12-13-29-27(26(21)19-22)32-16-14-31(15-17-32)24-8-10-25(34-2)11-9-24/h3-13,18-19H,14-17H2,1-2H3,(H,30,33). The minimum atomic E-state index is -0.119. The number of nitrogens with one attached hydrogen (secondary N) is 1. The van der Waals surface area contributed by atoms with Gasteiger partial charge in [-0.3, -0.25) is 4.79 Å². The van der Waals surface area contributed by atoms with Crippen LogP contribution in [-0.4, -0.2) is 44.2 Å². The maximum absolute atomic E-state index is 12.9. The van der Waals surface area contributed by atoms with Crippen LogP contribution in [0.3, 0.4) is 0 Å². The molecule has 1 N–H and O–H groups in total. The van der Waals surface area contributed by atoms with E-state index in [-0.39, 0.29) is 5.91 Å². The summed E-state index contributed by atoms with van der Waals surface area (Å²) in [6.45, 7) is 5.53. The number of hydrogen-bond acceptors (Lipinski definition) is 5. The third-order valence-electron chi connectivity index (χ3n) is 6.30. The van der Waals surface area contributed by atoms with Crippen LogP contribution in [0.2, 0.25) is 0 Å². The second-order valence-corrected chi connectivity index (χ2v) is 8.57. The van der Waals surface area contributed by atoms with Gasteiger partial charge >= 0.3 is 0 Å². The molecule has 6 heteroatoms. The Morgan fingerprint density at radius 2 is 1.68 bits per heavy atom. The maximum Gasteiger partial charge on any atom is 0.255 e.